The summed E-state index contributed by atoms with van der Waals surface area (Å²) in [5.74, 6) is 2.11. The van der Waals surface area contributed by atoms with Gasteiger partial charge in [-0.1, -0.05) is 53.5 Å². The van der Waals surface area contributed by atoms with Crippen molar-refractivity contribution in [3.05, 3.63) is 47.7 Å². The maximum atomic E-state index is 17.2. The van der Waals surface area contributed by atoms with Crippen LogP contribution >= 0.6 is 0 Å². The predicted octanol–water partition coefficient (Wildman–Crippen LogP) is 8.58. The Morgan fingerprint density at radius 1 is 1.09 bits per heavy atom. The molecule has 282 valence electrons. The van der Waals surface area contributed by atoms with Gasteiger partial charge in [0.2, 0.25) is 0 Å². The predicted molar refractivity (Wildman–Crippen MR) is 206 cm³/mol. The third-order valence-electron chi connectivity index (χ3n) is 12.3. The molecule has 2 aromatic carbocycles. The first-order chi connectivity index (χ1) is 25.2. The number of aromatic nitrogens is 3. The number of halogens is 3. The molecule has 0 bridgehead atoms. The summed E-state index contributed by atoms with van der Waals surface area (Å²) in [7, 11) is 1.17. The first kappa shape index (κ1) is 37.4. The lowest BCUT2D eigenvalue weighted by atomic mass is 9.94. The van der Waals surface area contributed by atoms with Crippen molar-refractivity contribution in [2.45, 2.75) is 108 Å². The van der Waals surface area contributed by atoms with Gasteiger partial charge < -0.3 is 19.5 Å². The maximum absolute atomic E-state index is 17.2. The van der Waals surface area contributed by atoms with E-state index in [0.717, 1.165) is 32.4 Å². The van der Waals surface area contributed by atoms with Gasteiger partial charge in [-0.3, -0.25) is 9.88 Å². The molecule has 0 spiro atoms. The van der Waals surface area contributed by atoms with E-state index < -0.39 is 31.9 Å². The van der Waals surface area contributed by atoms with Gasteiger partial charge in [0.15, 0.2) is 5.82 Å². The van der Waals surface area contributed by atoms with Crippen molar-refractivity contribution >= 4 is 35.6 Å². The van der Waals surface area contributed by atoms with Crippen molar-refractivity contribution in [2.24, 2.45) is 0 Å². The van der Waals surface area contributed by atoms with Gasteiger partial charge in [0.25, 0.3) is 0 Å². The van der Waals surface area contributed by atoms with E-state index in [1.807, 2.05) is 0 Å². The third kappa shape index (κ3) is 6.42. The molecule has 1 aliphatic carbocycles. The molecule has 3 aliphatic rings. The zero-order valence-corrected chi connectivity index (χ0v) is 32.9. The summed E-state index contributed by atoms with van der Waals surface area (Å²) in [5.41, 5.74) is 4.45. The molecule has 4 heterocycles. The smallest absolute Gasteiger partial charge is 0.319 e. The highest BCUT2D eigenvalue weighted by atomic mass is 28.3. The third-order valence-corrected chi connectivity index (χ3v) is 18.6. The number of phenols is 1. The van der Waals surface area contributed by atoms with Crippen molar-refractivity contribution in [1.29, 1.82) is 0 Å². The number of alkyl halides is 1. The second-order valence-electron chi connectivity index (χ2n) is 16.2. The van der Waals surface area contributed by atoms with Gasteiger partial charge in [0.1, 0.15) is 49.4 Å². The molecule has 7 rings (SSSR count). The van der Waals surface area contributed by atoms with Gasteiger partial charge in [-0.15, -0.1) is 5.54 Å². The number of benzene rings is 2. The Bertz CT molecular complexity index is 2100. The van der Waals surface area contributed by atoms with E-state index in [9.17, 15) is 9.50 Å². The van der Waals surface area contributed by atoms with E-state index in [1.165, 1.54) is 24.4 Å². The highest BCUT2D eigenvalue weighted by Crippen LogP contribution is 2.44. The number of rotatable bonds is 10. The standard InChI is InChI=1S/C41H50F3N5O3Si/c1-23(2)53(24(3)4,25(5)6)15-12-29-32(42)11-10-26-16-27(50)17-30(35(26)29)37-36(44)38-31(20-45-37)39(48(7)34-18-33(34)43)47-40(46-38)52-22-41-13-9-14-49(41)21-28(19-41)51-8/h10-11,16-17,20,23-25,28,33-34,50H,9,13-14,18-19,21-22H2,1-8H3/t28-,33-,34-,41+/m1/s1. The molecular formula is C41H50F3N5O3Si. The van der Waals surface area contributed by atoms with Crippen LogP contribution in [0.5, 0.6) is 11.8 Å². The molecule has 12 heteroatoms. The number of aromatic hydroxyl groups is 1. The number of phenolic OH excluding ortho intramolecular Hbond substituents is 1. The van der Waals surface area contributed by atoms with Gasteiger partial charge in [0, 0.05) is 44.3 Å². The van der Waals surface area contributed by atoms with Crippen molar-refractivity contribution in [2.75, 3.05) is 38.8 Å². The SMILES string of the molecule is CO[C@H]1CN2CCC[C@@]2(COc2nc(N(C)[C@@H]3C[C@H]3F)c3cnc(-c4cc(O)cc5ccc(F)c(C#C[Si](C(C)C)(C(C)C)C(C)C)c45)c(F)c3n2)C1. The summed E-state index contributed by atoms with van der Waals surface area (Å²) < 4.78 is 59.5. The Morgan fingerprint density at radius 2 is 1.81 bits per heavy atom. The van der Waals surface area contributed by atoms with E-state index in [4.69, 9.17) is 14.5 Å². The number of nitrogens with zero attached hydrogens (tertiary/aromatic N) is 5. The summed E-state index contributed by atoms with van der Waals surface area (Å²) in [6.07, 6.45) is 3.64. The van der Waals surface area contributed by atoms with Gasteiger partial charge >= 0.3 is 6.01 Å². The molecule has 0 unspecified atom stereocenters. The molecule has 2 aliphatic heterocycles. The minimum Gasteiger partial charge on any atom is -0.508 e. The Kier molecular flexibility index (Phi) is 9.91. The number of pyridine rings is 1. The van der Waals surface area contributed by atoms with E-state index >= 15 is 8.78 Å². The normalized spacial score (nSPS) is 22.9. The Morgan fingerprint density at radius 3 is 2.47 bits per heavy atom. The van der Waals surface area contributed by atoms with Gasteiger partial charge in [-0.2, -0.15) is 9.97 Å². The molecule has 8 nitrogen and oxygen atoms in total. The summed E-state index contributed by atoms with van der Waals surface area (Å²) in [5, 5.41) is 12.0. The molecule has 53 heavy (non-hydrogen) atoms. The highest BCUT2D eigenvalue weighted by molar-refractivity contribution is 6.90. The van der Waals surface area contributed by atoms with Crippen LogP contribution in [0.15, 0.2) is 30.5 Å². The fraction of sp³-hybridized carbons (Fsp3) is 0.537. The molecule has 1 saturated carbocycles. The van der Waals surface area contributed by atoms with Crippen molar-refractivity contribution < 1.29 is 27.8 Å². The van der Waals surface area contributed by atoms with Crippen LogP contribution in [0.25, 0.3) is 32.9 Å². The second kappa shape index (κ2) is 14.1. The first-order valence-corrected chi connectivity index (χ1v) is 21.1. The number of methoxy groups -OCH3 is 1. The molecule has 4 aromatic rings. The van der Waals surface area contributed by atoms with Crippen molar-refractivity contribution in [3.63, 3.8) is 0 Å². The Balaban J connectivity index is 1.39. The van der Waals surface area contributed by atoms with Gasteiger partial charge in [-0.25, -0.2) is 13.2 Å². The topological polar surface area (TPSA) is 83.8 Å². The van der Waals surface area contributed by atoms with E-state index in [1.54, 1.807) is 25.1 Å². The van der Waals surface area contributed by atoms with Crippen LogP contribution in [0.3, 0.4) is 0 Å². The Hall–Kier alpha value is -3.92. The van der Waals surface area contributed by atoms with Crippen LogP contribution in [0.2, 0.25) is 16.6 Å². The van der Waals surface area contributed by atoms with Gasteiger partial charge in [0.05, 0.1) is 28.6 Å². The Labute approximate surface area is 311 Å². The molecule has 2 saturated heterocycles. The first-order valence-electron chi connectivity index (χ1n) is 18.8. The monoisotopic (exact) mass is 745 g/mol. The van der Waals surface area contributed by atoms with Gasteiger partial charge in [-0.05, 0) is 66.0 Å². The van der Waals surface area contributed by atoms with Crippen LogP contribution in [0.4, 0.5) is 19.0 Å². The second-order valence-corrected chi connectivity index (χ2v) is 21.8. The number of hydrogen-bond acceptors (Lipinski definition) is 8. The van der Waals surface area contributed by atoms with Crippen molar-refractivity contribution in [3.8, 4) is 34.5 Å². The minimum absolute atomic E-state index is 0.0238. The number of anilines is 1. The van der Waals surface area contributed by atoms with Crippen molar-refractivity contribution in [1.82, 2.24) is 19.9 Å². The van der Waals surface area contributed by atoms with Crippen LogP contribution in [-0.2, 0) is 4.74 Å². The van der Waals surface area contributed by atoms with Crippen LogP contribution in [0.1, 0.15) is 72.8 Å². The average Bonchev–Trinajstić information content (AvgIpc) is 3.55. The minimum atomic E-state index is -2.28. The highest BCUT2D eigenvalue weighted by Gasteiger charge is 2.49. The molecular weight excluding hydrogens is 696 g/mol. The van der Waals surface area contributed by atoms with Crippen LogP contribution in [-0.4, -0.2) is 90.7 Å². The van der Waals surface area contributed by atoms with E-state index in [0.29, 0.717) is 51.6 Å². The fourth-order valence-electron chi connectivity index (χ4n) is 9.41. The fourth-order valence-corrected chi connectivity index (χ4v) is 14.6. The summed E-state index contributed by atoms with van der Waals surface area (Å²) >= 11 is 0. The van der Waals surface area contributed by atoms with E-state index in [-0.39, 0.29) is 45.7 Å². The zero-order valence-electron chi connectivity index (χ0n) is 31.9. The lowest BCUT2D eigenvalue weighted by Gasteiger charge is -2.38. The quantitative estimate of drug-likeness (QED) is 0.128. The lowest BCUT2D eigenvalue weighted by molar-refractivity contribution is 0.0997. The molecule has 0 radical (unpaired) electrons. The molecule has 2 aromatic heterocycles. The largest absolute Gasteiger partial charge is 0.508 e. The maximum Gasteiger partial charge on any atom is 0.319 e. The number of hydrogen-bond donors (Lipinski definition) is 1. The summed E-state index contributed by atoms with van der Waals surface area (Å²) in [6.45, 7) is 15.2. The number of fused-ring (bicyclic) bond motifs is 3. The molecule has 1 N–H and O–H groups in total. The van der Waals surface area contributed by atoms with Crippen LogP contribution in [0, 0.1) is 23.1 Å². The molecule has 0 amide bonds. The molecule has 4 atom stereocenters. The number of ether oxygens (including phenoxy) is 2. The summed E-state index contributed by atoms with van der Waals surface area (Å²) in [6, 6.07) is 5.37. The van der Waals surface area contributed by atoms with Crippen LogP contribution < -0.4 is 9.64 Å². The zero-order chi connectivity index (χ0) is 38.0. The summed E-state index contributed by atoms with van der Waals surface area (Å²) in [4.78, 5) is 17.9. The average molecular weight is 746 g/mol. The molecule has 3 fully saturated rings. The lowest BCUT2D eigenvalue weighted by Crippen LogP contribution is -2.43. The van der Waals surface area contributed by atoms with E-state index in [2.05, 4.69) is 67.9 Å².